The van der Waals surface area contributed by atoms with Crippen LogP contribution in [0.3, 0.4) is 0 Å². The van der Waals surface area contributed by atoms with Crippen LogP contribution in [-0.4, -0.2) is 41.8 Å². The van der Waals surface area contributed by atoms with Crippen molar-refractivity contribution in [3.8, 4) is 0 Å². The maximum absolute atomic E-state index is 11.4. The monoisotopic (exact) mass is 278 g/mol. The summed E-state index contributed by atoms with van der Waals surface area (Å²) in [5.74, 6) is 0.102. The number of nitrogens with zero attached hydrogens (tertiary/aromatic N) is 1. The molecule has 0 rings (SSSR count). The minimum atomic E-state index is -0.0428. The number of amides is 1. The van der Waals surface area contributed by atoms with Gasteiger partial charge in [0.25, 0.3) is 0 Å². The zero-order chi connectivity index (χ0) is 11.7. The summed E-state index contributed by atoms with van der Waals surface area (Å²) in [6.07, 6.45) is 2.00. The molecule has 0 aliphatic rings. The van der Waals surface area contributed by atoms with Gasteiger partial charge in [0.15, 0.2) is 0 Å². The fraction of sp³-hybridized carbons (Fsp3) is 0.909. The highest BCUT2D eigenvalue weighted by molar-refractivity contribution is 9.10. The highest BCUT2D eigenvalue weighted by Crippen LogP contribution is 2.03. The van der Waals surface area contributed by atoms with Crippen LogP contribution in [0.25, 0.3) is 0 Å². The van der Waals surface area contributed by atoms with Crippen molar-refractivity contribution in [2.45, 2.75) is 38.4 Å². The van der Waals surface area contributed by atoms with Gasteiger partial charge < -0.3 is 10.2 Å². The molecule has 1 atom stereocenters. The molecule has 0 fully saturated rings. The summed E-state index contributed by atoms with van der Waals surface area (Å²) >= 11 is 3.33. The standard InChI is InChI=1S/C11H23BrN2O/c1-4-8-14(6-3)9-7-13-11(15)10(12)5-2/h10H,4-9H2,1-3H3,(H,13,15). The third kappa shape index (κ3) is 6.90. The Balaban J connectivity index is 3.63. The largest absolute Gasteiger partial charge is 0.354 e. The third-order valence-electron chi connectivity index (χ3n) is 2.36. The van der Waals surface area contributed by atoms with Crippen LogP contribution in [0.4, 0.5) is 0 Å². The first kappa shape index (κ1) is 14.9. The molecule has 0 aromatic carbocycles. The maximum Gasteiger partial charge on any atom is 0.233 e. The highest BCUT2D eigenvalue weighted by Gasteiger charge is 2.11. The van der Waals surface area contributed by atoms with E-state index in [1.54, 1.807) is 0 Å². The number of alkyl halides is 1. The van der Waals surface area contributed by atoms with E-state index in [0.29, 0.717) is 0 Å². The molecule has 0 saturated carbocycles. The minimum absolute atomic E-state index is 0.0428. The number of carbonyl (C=O) groups excluding carboxylic acids is 1. The van der Waals surface area contributed by atoms with E-state index in [1.807, 2.05) is 6.92 Å². The Hall–Kier alpha value is -0.0900. The zero-order valence-corrected chi connectivity index (χ0v) is 11.6. The van der Waals surface area contributed by atoms with Crippen LogP contribution in [0, 0.1) is 0 Å². The van der Waals surface area contributed by atoms with Crippen LogP contribution in [0.5, 0.6) is 0 Å². The second-order valence-corrected chi connectivity index (χ2v) is 4.71. The molecule has 0 spiro atoms. The fourth-order valence-corrected chi connectivity index (χ4v) is 1.54. The smallest absolute Gasteiger partial charge is 0.233 e. The van der Waals surface area contributed by atoms with E-state index in [-0.39, 0.29) is 10.7 Å². The molecule has 4 heteroatoms. The lowest BCUT2D eigenvalue weighted by Gasteiger charge is -2.19. The van der Waals surface area contributed by atoms with Gasteiger partial charge in [0.05, 0.1) is 4.83 Å². The topological polar surface area (TPSA) is 32.3 Å². The Labute approximate surface area is 102 Å². The van der Waals surface area contributed by atoms with Gasteiger partial charge in [0.1, 0.15) is 0 Å². The molecule has 15 heavy (non-hydrogen) atoms. The second kappa shape index (κ2) is 9.16. The molecule has 0 saturated heterocycles. The quantitative estimate of drug-likeness (QED) is 0.689. The van der Waals surface area contributed by atoms with Crippen LogP contribution >= 0.6 is 15.9 Å². The van der Waals surface area contributed by atoms with E-state index in [0.717, 1.165) is 39.0 Å². The number of nitrogens with one attached hydrogen (secondary N) is 1. The van der Waals surface area contributed by atoms with Gasteiger partial charge in [-0.2, -0.15) is 0 Å². The number of carbonyl (C=O) groups is 1. The van der Waals surface area contributed by atoms with Gasteiger partial charge in [-0.3, -0.25) is 4.79 Å². The number of hydrogen-bond donors (Lipinski definition) is 1. The molecule has 1 unspecified atom stereocenters. The molecule has 0 aromatic rings. The van der Waals surface area contributed by atoms with Crippen LogP contribution in [0.15, 0.2) is 0 Å². The minimum Gasteiger partial charge on any atom is -0.354 e. The Kier molecular flexibility index (Phi) is 9.10. The van der Waals surface area contributed by atoms with Gasteiger partial charge in [0, 0.05) is 13.1 Å². The molecule has 0 aliphatic heterocycles. The van der Waals surface area contributed by atoms with Crippen molar-refractivity contribution in [2.24, 2.45) is 0 Å². The van der Waals surface area contributed by atoms with Crippen molar-refractivity contribution in [3.63, 3.8) is 0 Å². The second-order valence-electron chi connectivity index (χ2n) is 3.60. The van der Waals surface area contributed by atoms with Gasteiger partial charge in [-0.1, -0.05) is 36.7 Å². The predicted molar refractivity (Wildman–Crippen MR) is 68.4 cm³/mol. The summed E-state index contributed by atoms with van der Waals surface area (Å²) < 4.78 is 0. The lowest BCUT2D eigenvalue weighted by molar-refractivity contribution is -0.120. The summed E-state index contributed by atoms with van der Waals surface area (Å²) in [7, 11) is 0. The van der Waals surface area contributed by atoms with Gasteiger partial charge in [-0.25, -0.2) is 0 Å². The molecular weight excluding hydrogens is 256 g/mol. The molecule has 0 heterocycles. The summed E-state index contributed by atoms with van der Waals surface area (Å²) in [6, 6.07) is 0. The van der Waals surface area contributed by atoms with E-state index < -0.39 is 0 Å². The highest BCUT2D eigenvalue weighted by atomic mass is 79.9. The van der Waals surface area contributed by atoms with Crippen LogP contribution in [0.2, 0.25) is 0 Å². The molecular formula is C11H23BrN2O. The molecule has 0 radical (unpaired) electrons. The van der Waals surface area contributed by atoms with E-state index in [1.165, 1.54) is 0 Å². The van der Waals surface area contributed by atoms with Crippen LogP contribution < -0.4 is 5.32 Å². The van der Waals surface area contributed by atoms with Crippen LogP contribution in [-0.2, 0) is 4.79 Å². The Bertz CT molecular complexity index is 176. The Morgan fingerprint density at radius 3 is 2.47 bits per heavy atom. The van der Waals surface area contributed by atoms with E-state index in [9.17, 15) is 4.79 Å². The number of hydrogen-bond acceptors (Lipinski definition) is 2. The van der Waals surface area contributed by atoms with E-state index in [2.05, 4.69) is 40.0 Å². The first-order valence-electron chi connectivity index (χ1n) is 5.79. The molecule has 1 N–H and O–H groups in total. The molecule has 0 aromatic heterocycles. The Morgan fingerprint density at radius 1 is 1.33 bits per heavy atom. The first-order valence-corrected chi connectivity index (χ1v) is 6.71. The molecule has 3 nitrogen and oxygen atoms in total. The van der Waals surface area contributed by atoms with Crippen molar-refractivity contribution in [2.75, 3.05) is 26.2 Å². The van der Waals surface area contributed by atoms with Crippen molar-refractivity contribution in [1.82, 2.24) is 10.2 Å². The maximum atomic E-state index is 11.4. The number of likely N-dealkylation sites (N-methyl/N-ethyl adjacent to an activating group) is 1. The lowest BCUT2D eigenvalue weighted by Crippen LogP contribution is -2.38. The van der Waals surface area contributed by atoms with Crippen molar-refractivity contribution in [3.05, 3.63) is 0 Å². The normalized spacial score (nSPS) is 12.9. The summed E-state index contributed by atoms with van der Waals surface area (Å²) in [6.45, 7) is 10.2. The van der Waals surface area contributed by atoms with Gasteiger partial charge in [-0.05, 0) is 25.9 Å². The van der Waals surface area contributed by atoms with E-state index >= 15 is 0 Å². The summed E-state index contributed by atoms with van der Waals surface area (Å²) in [5.41, 5.74) is 0. The fourth-order valence-electron chi connectivity index (χ4n) is 1.38. The number of rotatable bonds is 8. The van der Waals surface area contributed by atoms with Crippen molar-refractivity contribution >= 4 is 21.8 Å². The average Bonchev–Trinajstić information content (AvgIpc) is 2.26. The summed E-state index contributed by atoms with van der Waals surface area (Å²) in [4.78, 5) is 13.7. The van der Waals surface area contributed by atoms with Gasteiger partial charge in [-0.15, -0.1) is 0 Å². The summed E-state index contributed by atoms with van der Waals surface area (Å²) in [5, 5.41) is 2.93. The molecule has 0 bridgehead atoms. The zero-order valence-electron chi connectivity index (χ0n) is 10.1. The van der Waals surface area contributed by atoms with Crippen molar-refractivity contribution in [1.29, 1.82) is 0 Å². The number of halogens is 1. The molecule has 90 valence electrons. The van der Waals surface area contributed by atoms with Gasteiger partial charge in [0.2, 0.25) is 5.91 Å². The first-order chi connectivity index (χ1) is 7.15. The van der Waals surface area contributed by atoms with Crippen molar-refractivity contribution < 1.29 is 4.79 Å². The third-order valence-corrected chi connectivity index (χ3v) is 3.42. The van der Waals surface area contributed by atoms with Gasteiger partial charge >= 0.3 is 0 Å². The Morgan fingerprint density at radius 2 is 2.00 bits per heavy atom. The molecule has 0 aliphatic carbocycles. The SMILES string of the molecule is CCCN(CC)CCNC(=O)C(Br)CC. The molecule has 1 amide bonds. The average molecular weight is 279 g/mol. The van der Waals surface area contributed by atoms with E-state index in [4.69, 9.17) is 0 Å². The predicted octanol–water partition coefficient (Wildman–Crippen LogP) is 2.01. The van der Waals surface area contributed by atoms with Crippen LogP contribution in [0.1, 0.15) is 33.6 Å². The lowest BCUT2D eigenvalue weighted by atomic mass is 10.3.